The molecule has 0 spiro atoms. The molecule has 0 aliphatic heterocycles. The van der Waals surface area contributed by atoms with E-state index in [0.29, 0.717) is 6.42 Å². The van der Waals surface area contributed by atoms with Gasteiger partial charge in [-0.1, -0.05) is 69.9 Å². The lowest BCUT2D eigenvalue weighted by Crippen LogP contribution is -2.19. The number of hydrogen-bond acceptors (Lipinski definition) is 7. The van der Waals surface area contributed by atoms with Crippen LogP contribution in [0.15, 0.2) is 69.9 Å². The minimum absolute atomic E-state index is 0.387. The fraction of sp³-hybridized carbons (Fsp3) is 0.600. The van der Waals surface area contributed by atoms with Crippen LogP contribution in [-0.4, -0.2) is 6.61 Å². The van der Waals surface area contributed by atoms with E-state index in [1.165, 1.54) is 33.9 Å². The van der Waals surface area contributed by atoms with Crippen LogP contribution in [0.2, 0.25) is 0 Å². The monoisotopic (exact) mass is 583 g/mol. The Morgan fingerprint density at radius 3 is 1.15 bits per heavy atom. The van der Waals surface area contributed by atoms with Crippen LogP contribution in [-0.2, 0) is 18.0 Å². The van der Waals surface area contributed by atoms with Crippen LogP contribution >= 0.6 is 15.6 Å². The molecule has 0 rings (SSSR count). The van der Waals surface area contributed by atoms with Crippen molar-refractivity contribution in [2.75, 3.05) is 6.61 Å². The molecular formula is C30H49O7P2-3. The molecule has 0 bridgehead atoms. The third-order valence-corrected chi connectivity index (χ3v) is 8.15. The largest absolute Gasteiger partial charge is 0.790 e. The number of allylic oxidation sites excluding steroid dienone is 11. The summed E-state index contributed by atoms with van der Waals surface area (Å²) in [4.78, 5) is 32.0. The van der Waals surface area contributed by atoms with E-state index < -0.39 is 15.6 Å². The van der Waals surface area contributed by atoms with Gasteiger partial charge in [-0.05, 0) is 113 Å². The molecule has 9 heteroatoms. The summed E-state index contributed by atoms with van der Waals surface area (Å²) in [6.45, 7) is 14.5. The topological polar surface area (TPSA) is 122 Å². The molecule has 0 saturated carbocycles. The lowest BCUT2D eigenvalue weighted by Gasteiger charge is -2.34. The van der Waals surface area contributed by atoms with Crippen LogP contribution in [0.25, 0.3) is 0 Å². The lowest BCUT2D eigenvalue weighted by molar-refractivity contribution is -0.339. The van der Waals surface area contributed by atoms with Gasteiger partial charge in [0.15, 0.2) is 0 Å². The van der Waals surface area contributed by atoms with Crippen molar-refractivity contribution in [1.82, 2.24) is 0 Å². The number of rotatable bonds is 20. The van der Waals surface area contributed by atoms with E-state index in [2.05, 4.69) is 80.8 Å². The van der Waals surface area contributed by atoms with Gasteiger partial charge in [-0.15, -0.1) is 0 Å². The highest BCUT2D eigenvalue weighted by atomic mass is 31.3. The Balaban J connectivity index is 4.24. The quantitative estimate of drug-likeness (QED) is 0.105. The second-order valence-corrected chi connectivity index (χ2v) is 13.2. The van der Waals surface area contributed by atoms with E-state index in [9.17, 15) is 23.8 Å². The molecule has 0 aromatic carbocycles. The van der Waals surface area contributed by atoms with Crippen LogP contribution in [0.1, 0.15) is 113 Å². The van der Waals surface area contributed by atoms with Crippen LogP contribution in [0.3, 0.4) is 0 Å². The zero-order chi connectivity index (χ0) is 29.9. The molecule has 39 heavy (non-hydrogen) atoms. The fourth-order valence-corrected chi connectivity index (χ4v) is 5.13. The van der Waals surface area contributed by atoms with Crippen molar-refractivity contribution in [3.63, 3.8) is 0 Å². The average molecular weight is 584 g/mol. The average Bonchev–Trinajstić information content (AvgIpc) is 2.77. The van der Waals surface area contributed by atoms with Gasteiger partial charge < -0.3 is 23.8 Å². The summed E-state index contributed by atoms with van der Waals surface area (Å²) in [5.41, 5.74) is 7.90. The maximum atomic E-state index is 11.2. The highest BCUT2D eigenvalue weighted by molar-refractivity contribution is 7.58. The number of hydrogen-bond donors (Lipinski definition) is 0. The molecular weight excluding hydrogens is 534 g/mol. The Bertz CT molecular complexity index is 1010. The van der Waals surface area contributed by atoms with E-state index in [1.54, 1.807) is 0 Å². The molecule has 224 valence electrons. The third kappa shape index (κ3) is 25.4. The van der Waals surface area contributed by atoms with Gasteiger partial charge in [0.25, 0.3) is 7.82 Å². The first-order chi connectivity index (χ1) is 18.1. The highest BCUT2D eigenvalue weighted by Gasteiger charge is 2.10. The summed E-state index contributed by atoms with van der Waals surface area (Å²) in [6, 6.07) is 0. The summed E-state index contributed by atoms with van der Waals surface area (Å²) < 4.78 is 29.4. The van der Waals surface area contributed by atoms with Gasteiger partial charge in [0.1, 0.15) is 0 Å². The zero-order valence-corrected chi connectivity index (χ0v) is 26.8. The molecule has 0 aromatic heterocycles. The Labute approximate surface area is 237 Å². The normalized spacial score (nSPS) is 15.9. The van der Waals surface area contributed by atoms with E-state index in [-0.39, 0.29) is 6.61 Å². The Morgan fingerprint density at radius 1 is 0.538 bits per heavy atom. The van der Waals surface area contributed by atoms with E-state index in [1.807, 2.05) is 6.92 Å². The second kappa shape index (κ2) is 20.6. The standard InChI is InChI=1S/C30H52O7P2/c1-25(2)13-8-14-26(3)15-9-16-27(4)17-10-18-28(5)19-11-20-29(6)21-12-22-30(7)23-24-36-39(34,35)37-38(31,32)33/h13,15,17,19,21,23H,8-12,14,16,18,20,22,24H2,1-7H3,(H,34,35)(H2,31,32,33)/p-3/b26-15+,27-17+,28-19-,29-21-,30-23-. The van der Waals surface area contributed by atoms with Crippen LogP contribution in [0.4, 0.5) is 0 Å². The van der Waals surface area contributed by atoms with Crippen molar-refractivity contribution in [3.05, 3.63) is 69.9 Å². The van der Waals surface area contributed by atoms with Gasteiger partial charge >= 0.3 is 0 Å². The van der Waals surface area contributed by atoms with Crippen molar-refractivity contribution in [3.8, 4) is 0 Å². The first-order valence-electron chi connectivity index (χ1n) is 13.7. The van der Waals surface area contributed by atoms with Gasteiger partial charge in [-0.25, -0.2) is 0 Å². The summed E-state index contributed by atoms with van der Waals surface area (Å²) in [7, 11) is -10.8. The molecule has 0 aliphatic rings. The molecule has 0 fully saturated rings. The molecule has 0 saturated heterocycles. The number of phosphoric ester groups is 1. The van der Waals surface area contributed by atoms with E-state index >= 15 is 0 Å². The molecule has 0 aromatic rings. The van der Waals surface area contributed by atoms with Crippen LogP contribution in [0.5, 0.6) is 0 Å². The summed E-state index contributed by atoms with van der Waals surface area (Å²) >= 11 is 0. The zero-order valence-electron chi connectivity index (χ0n) is 25.0. The van der Waals surface area contributed by atoms with Gasteiger partial charge in [0.2, 0.25) is 0 Å². The smallest absolute Gasteiger partial charge is 0.272 e. The Hall–Kier alpha value is -1.30. The molecule has 0 amide bonds. The molecule has 1 atom stereocenters. The molecule has 0 aliphatic carbocycles. The minimum atomic E-state index is -5.66. The summed E-state index contributed by atoms with van der Waals surface area (Å²) in [5, 5.41) is 0. The van der Waals surface area contributed by atoms with Crippen molar-refractivity contribution in [2.24, 2.45) is 0 Å². The first kappa shape index (κ1) is 37.7. The second-order valence-electron chi connectivity index (χ2n) is 10.5. The predicted octanol–water partition coefficient (Wildman–Crippen LogP) is 7.92. The van der Waals surface area contributed by atoms with Crippen LogP contribution < -0.4 is 14.7 Å². The van der Waals surface area contributed by atoms with Gasteiger partial charge in [-0.2, -0.15) is 0 Å². The molecule has 0 heterocycles. The molecule has 1 unspecified atom stereocenters. The number of phosphoric acid groups is 2. The maximum absolute atomic E-state index is 11.2. The van der Waals surface area contributed by atoms with Gasteiger partial charge in [0, 0.05) is 0 Å². The van der Waals surface area contributed by atoms with Crippen molar-refractivity contribution in [1.29, 1.82) is 0 Å². The highest BCUT2D eigenvalue weighted by Crippen LogP contribution is 2.50. The SMILES string of the molecule is CC(C)=CCC/C(C)=C/CC/C(C)=C/CC/C(C)=C\CC/C(C)=C\CC/C(C)=C\COP(=O)([O-])OP(=O)([O-])[O-]. The van der Waals surface area contributed by atoms with Gasteiger partial charge in [0.05, 0.1) is 14.4 Å². The third-order valence-electron chi connectivity index (χ3n) is 6.08. The van der Waals surface area contributed by atoms with Crippen molar-refractivity contribution in [2.45, 2.75) is 113 Å². The molecule has 7 nitrogen and oxygen atoms in total. The van der Waals surface area contributed by atoms with Crippen molar-refractivity contribution < 1.29 is 32.6 Å². The predicted molar refractivity (Wildman–Crippen MR) is 157 cm³/mol. The molecule has 0 radical (unpaired) electrons. The lowest BCUT2D eigenvalue weighted by atomic mass is 10.0. The van der Waals surface area contributed by atoms with E-state index in [0.717, 1.165) is 63.4 Å². The molecule has 0 N–H and O–H groups in total. The maximum Gasteiger partial charge on any atom is 0.272 e. The minimum Gasteiger partial charge on any atom is -0.790 e. The summed E-state index contributed by atoms with van der Waals surface area (Å²) in [5.74, 6) is 0. The van der Waals surface area contributed by atoms with Gasteiger partial charge in [-0.3, -0.25) is 8.88 Å². The Morgan fingerprint density at radius 2 is 0.846 bits per heavy atom. The van der Waals surface area contributed by atoms with E-state index in [4.69, 9.17) is 0 Å². The Kier molecular flexibility index (Phi) is 19.9. The van der Waals surface area contributed by atoms with Crippen LogP contribution in [0, 0.1) is 0 Å². The first-order valence-corrected chi connectivity index (χ1v) is 16.6. The fourth-order valence-electron chi connectivity index (χ4n) is 3.70. The van der Waals surface area contributed by atoms with Crippen molar-refractivity contribution >= 4 is 15.6 Å². The summed E-state index contributed by atoms with van der Waals surface area (Å²) in [6.07, 6.45) is 23.2.